The van der Waals surface area contributed by atoms with E-state index in [1.807, 2.05) is 75.4 Å². The van der Waals surface area contributed by atoms with Gasteiger partial charge in [-0.3, -0.25) is 14.4 Å². The molecule has 1 aliphatic rings. The number of nitrogens with two attached hydrogens (primary N) is 1. The lowest BCUT2D eigenvalue weighted by Crippen LogP contribution is -2.50. The second-order valence-electron chi connectivity index (χ2n) is 9.12. The second kappa shape index (κ2) is 11.6. The average Bonchev–Trinajstić information content (AvgIpc) is 2.95. The Morgan fingerprint density at radius 1 is 1.11 bits per heavy atom. The van der Waals surface area contributed by atoms with Crippen molar-refractivity contribution in [1.29, 1.82) is 0 Å². The van der Waals surface area contributed by atoms with Crippen LogP contribution in [-0.4, -0.2) is 36.1 Å². The van der Waals surface area contributed by atoms with Crippen molar-refractivity contribution >= 4 is 29.1 Å². The molecule has 3 rings (SSSR count). The summed E-state index contributed by atoms with van der Waals surface area (Å²) < 4.78 is 0. The molecule has 0 radical (unpaired) electrons. The third-order valence-electron chi connectivity index (χ3n) is 6.18. The van der Waals surface area contributed by atoms with Crippen molar-refractivity contribution in [3.05, 3.63) is 78.4 Å². The number of nitrogens with one attached hydrogen (secondary N) is 1. The van der Waals surface area contributed by atoms with Crippen LogP contribution >= 0.6 is 0 Å². The number of carbonyl (C=O) groups is 3. The largest absolute Gasteiger partial charge is 0.369 e. The molecular weight excluding hydrogens is 440 g/mol. The van der Waals surface area contributed by atoms with E-state index in [1.54, 1.807) is 11.0 Å². The van der Waals surface area contributed by atoms with E-state index in [-0.39, 0.29) is 18.2 Å². The molecule has 0 bridgehead atoms. The molecule has 0 aromatic heterocycles. The summed E-state index contributed by atoms with van der Waals surface area (Å²) in [6, 6.07) is 17.2. The number of anilines is 1. The number of amides is 3. The van der Waals surface area contributed by atoms with Crippen LogP contribution < -0.4 is 16.0 Å². The first kappa shape index (κ1) is 25.9. The molecule has 2 aromatic carbocycles. The van der Waals surface area contributed by atoms with E-state index in [1.165, 1.54) is 0 Å². The maximum absolute atomic E-state index is 13.6. The SMILES string of the molecule is C=CCC(C(N)=O)C(CC(C)C)C(=O)N[C@H]1N=C(c2ccccc2)c2ccccc2N(CC)C1=O. The number of carbonyl (C=O) groups excluding carboxylic acids is 3. The third-order valence-corrected chi connectivity index (χ3v) is 6.18. The summed E-state index contributed by atoms with van der Waals surface area (Å²) in [5, 5.41) is 2.85. The molecule has 0 saturated carbocycles. The normalized spacial score (nSPS) is 17.1. The van der Waals surface area contributed by atoms with Crippen LogP contribution in [-0.2, 0) is 14.4 Å². The molecule has 2 unspecified atom stereocenters. The van der Waals surface area contributed by atoms with Gasteiger partial charge in [0.15, 0.2) is 0 Å². The number of hydrogen-bond acceptors (Lipinski definition) is 4. The zero-order chi connectivity index (χ0) is 25.5. The second-order valence-corrected chi connectivity index (χ2v) is 9.12. The zero-order valence-electron chi connectivity index (χ0n) is 20.6. The van der Waals surface area contributed by atoms with Crippen LogP contribution in [0.5, 0.6) is 0 Å². The molecule has 2 aromatic rings. The first-order valence-electron chi connectivity index (χ1n) is 12.0. The standard InChI is InChI=1S/C28H34N4O3/c1-5-12-20(25(29)33)22(17-18(3)4)27(34)31-26-28(35)32(6-2)23-16-11-10-15-21(23)24(30-26)19-13-8-7-9-14-19/h5,7-11,13-16,18,20,22,26H,1,6,12,17H2,2-4H3,(H2,29,33)(H,31,34)/t20?,22?,26-/m1/s1. The van der Waals surface area contributed by atoms with Crippen LogP contribution in [0.2, 0.25) is 0 Å². The van der Waals surface area contributed by atoms with E-state index in [0.717, 1.165) is 16.8 Å². The Labute approximate surface area is 207 Å². The van der Waals surface area contributed by atoms with E-state index >= 15 is 0 Å². The summed E-state index contributed by atoms with van der Waals surface area (Å²) >= 11 is 0. The van der Waals surface area contributed by atoms with Crippen LogP contribution in [0.15, 0.2) is 72.2 Å². The Kier molecular flexibility index (Phi) is 8.58. The Morgan fingerprint density at radius 3 is 2.37 bits per heavy atom. The zero-order valence-corrected chi connectivity index (χ0v) is 20.6. The minimum Gasteiger partial charge on any atom is -0.369 e. The first-order valence-corrected chi connectivity index (χ1v) is 12.0. The highest BCUT2D eigenvalue weighted by atomic mass is 16.2. The van der Waals surface area contributed by atoms with E-state index in [0.29, 0.717) is 18.7 Å². The molecule has 0 saturated heterocycles. The number of benzodiazepines with no additional fused rings is 1. The van der Waals surface area contributed by atoms with Crippen molar-refractivity contribution in [3.8, 4) is 0 Å². The molecule has 3 amide bonds. The van der Waals surface area contributed by atoms with Gasteiger partial charge in [0.2, 0.25) is 18.0 Å². The Morgan fingerprint density at radius 2 is 1.77 bits per heavy atom. The number of primary amides is 1. The van der Waals surface area contributed by atoms with Gasteiger partial charge in [-0.1, -0.05) is 68.5 Å². The van der Waals surface area contributed by atoms with Gasteiger partial charge in [-0.25, -0.2) is 4.99 Å². The molecule has 7 nitrogen and oxygen atoms in total. The van der Waals surface area contributed by atoms with E-state index in [9.17, 15) is 14.4 Å². The van der Waals surface area contributed by atoms with Crippen LogP contribution in [0.25, 0.3) is 0 Å². The maximum atomic E-state index is 13.6. The molecule has 0 spiro atoms. The van der Waals surface area contributed by atoms with Crippen molar-refractivity contribution in [1.82, 2.24) is 5.32 Å². The number of nitrogens with zero attached hydrogens (tertiary/aromatic N) is 2. The highest BCUT2D eigenvalue weighted by molar-refractivity contribution is 6.20. The summed E-state index contributed by atoms with van der Waals surface area (Å²) in [5.74, 6) is -2.58. The van der Waals surface area contributed by atoms with Crippen molar-refractivity contribution in [2.75, 3.05) is 11.4 Å². The molecule has 0 aliphatic carbocycles. The van der Waals surface area contributed by atoms with Gasteiger partial charge in [-0.2, -0.15) is 0 Å². The smallest absolute Gasteiger partial charge is 0.272 e. The Hall–Kier alpha value is -3.74. The minimum atomic E-state index is -1.14. The van der Waals surface area contributed by atoms with Crippen LogP contribution in [0.4, 0.5) is 5.69 Å². The van der Waals surface area contributed by atoms with Crippen LogP contribution in [0.1, 0.15) is 44.7 Å². The van der Waals surface area contributed by atoms with Gasteiger partial charge in [-0.05, 0) is 31.7 Å². The molecule has 1 aliphatic heterocycles. The molecule has 35 heavy (non-hydrogen) atoms. The van der Waals surface area contributed by atoms with Crippen molar-refractivity contribution in [2.24, 2.45) is 28.5 Å². The first-order chi connectivity index (χ1) is 16.8. The van der Waals surface area contributed by atoms with E-state index in [2.05, 4.69) is 11.9 Å². The summed E-state index contributed by atoms with van der Waals surface area (Å²) in [6.07, 6.45) is 1.18. The van der Waals surface area contributed by atoms with Gasteiger partial charge in [0, 0.05) is 17.7 Å². The maximum Gasteiger partial charge on any atom is 0.272 e. The number of allylic oxidation sites excluding steroid dienone is 1. The lowest BCUT2D eigenvalue weighted by molar-refractivity contribution is -0.135. The van der Waals surface area contributed by atoms with Gasteiger partial charge in [0.1, 0.15) is 0 Å². The summed E-state index contributed by atoms with van der Waals surface area (Å²) in [4.78, 5) is 45.8. The van der Waals surface area contributed by atoms with Crippen molar-refractivity contribution in [2.45, 2.75) is 39.8 Å². The molecule has 3 atom stereocenters. The predicted molar refractivity (Wildman–Crippen MR) is 139 cm³/mol. The fourth-order valence-electron chi connectivity index (χ4n) is 4.54. The minimum absolute atomic E-state index is 0.141. The Bertz CT molecular complexity index is 1110. The van der Waals surface area contributed by atoms with E-state index < -0.39 is 29.8 Å². The third kappa shape index (κ3) is 5.85. The van der Waals surface area contributed by atoms with Gasteiger partial charge in [0.05, 0.1) is 23.2 Å². The summed E-state index contributed by atoms with van der Waals surface area (Å²) in [6.45, 7) is 9.96. The van der Waals surface area contributed by atoms with Gasteiger partial charge in [-0.15, -0.1) is 6.58 Å². The van der Waals surface area contributed by atoms with Gasteiger partial charge < -0.3 is 16.0 Å². The molecule has 7 heteroatoms. The monoisotopic (exact) mass is 474 g/mol. The van der Waals surface area contributed by atoms with E-state index in [4.69, 9.17) is 10.7 Å². The predicted octanol–water partition coefficient (Wildman–Crippen LogP) is 3.67. The Balaban J connectivity index is 2.06. The lowest BCUT2D eigenvalue weighted by Gasteiger charge is -2.28. The molecule has 184 valence electrons. The highest BCUT2D eigenvalue weighted by Crippen LogP contribution is 2.29. The molecule has 3 N–H and O–H groups in total. The van der Waals surface area contributed by atoms with Gasteiger partial charge in [0.25, 0.3) is 5.91 Å². The fraction of sp³-hybridized carbons (Fsp3) is 0.357. The quantitative estimate of drug-likeness (QED) is 0.513. The highest BCUT2D eigenvalue weighted by Gasteiger charge is 2.37. The van der Waals surface area contributed by atoms with Gasteiger partial charge >= 0.3 is 0 Å². The number of benzene rings is 2. The number of rotatable bonds is 10. The number of para-hydroxylation sites is 1. The van der Waals surface area contributed by atoms with Crippen LogP contribution in [0.3, 0.4) is 0 Å². The average molecular weight is 475 g/mol. The number of fused-ring (bicyclic) bond motifs is 1. The summed E-state index contributed by atoms with van der Waals surface area (Å²) in [5.41, 5.74) is 8.66. The number of aliphatic imine (C=N–C) groups is 1. The number of likely N-dealkylation sites (N-methyl/N-ethyl adjacent to an activating group) is 1. The fourth-order valence-corrected chi connectivity index (χ4v) is 4.54. The summed E-state index contributed by atoms with van der Waals surface area (Å²) in [7, 11) is 0. The van der Waals surface area contributed by atoms with Crippen LogP contribution in [0, 0.1) is 17.8 Å². The molecule has 1 heterocycles. The topological polar surface area (TPSA) is 105 Å². The molecule has 0 fully saturated rings. The van der Waals surface area contributed by atoms with Crippen molar-refractivity contribution < 1.29 is 14.4 Å². The number of hydrogen-bond donors (Lipinski definition) is 2. The van der Waals surface area contributed by atoms with Crippen molar-refractivity contribution in [3.63, 3.8) is 0 Å². The lowest BCUT2D eigenvalue weighted by atomic mass is 9.82. The molecular formula is C28H34N4O3.